The summed E-state index contributed by atoms with van der Waals surface area (Å²) in [6, 6.07) is 16.6. The number of benzene rings is 2. The SMILES string of the molecule is O.O.[Cl-].[Cl-].c1ccc2[nH+]c(CCCc3[nH]c4ccccc4[nH+]3)[nH]c2c1. The van der Waals surface area contributed by atoms with Crippen molar-refractivity contribution in [3.63, 3.8) is 0 Å². The summed E-state index contributed by atoms with van der Waals surface area (Å²) in [6.45, 7) is 0. The van der Waals surface area contributed by atoms with Crippen molar-refractivity contribution in [3.8, 4) is 0 Å². The van der Waals surface area contributed by atoms with E-state index in [4.69, 9.17) is 0 Å². The molecule has 0 fully saturated rings. The third-order valence-electron chi connectivity index (χ3n) is 3.85. The summed E-state index contributed by atoms with van der Waals surface area (Å²) >= 11 is 0. The molecule has 4 rings (SSSR count). The summed E-state index contributed by atoms with van der Waals surface area (Å²) in [5.74, 6) is 2.37. The monoisotopic (exact) mass is 384 g/mol. The fraction of sp³-hybridized carbons (Fsp3) is 0.176. The fourth-order valence-electron chi connectivity index (χ4n) is 2.81. The van der Waals surface area contributed by atoms with E-state index in [1.54, 1.807) is 0 Å². The number of nitrogens with one attached hydrogen (secondary N) is 4. The first kappa shape index (κ1) is 22.9. The van der Waals surface area contributed by atoms with Crippen molar-refractivity contribution >= 4 is 22.1 Å². The van der Waals surface area contributed by atoms with Gasteiger partial charge in [-0.15, -0.1) is 0 Å². The van der Waals surface area contributed by atoms with Crippen molar-refractivity contribution in [2.75, 3.05) is 0 Å². The number of aryl methyl sites for hydroxylation is 2. The number of rotatable bonds is 4. The molecule has 25 heavy (non-hydrogen) atoms. The number of halogens is 2. The van der Waals surface area contributed by atoms with E-state index in [0.717, 1.165) is 19.3 Å². The lowest BCUT2D eigenvalue weighted by molar-refractivity contribution is -0.360. The van der Waals surface area contributed by atoms with E-state index in [1.165, 1.54) is 33.7 Å². The van der Waals surface area contributed by atoms with Gasteiger partial charge < -0.3 is 35.8 Å². The van der Waals surface area contributed by atoms with E-state index < -0.39 is 0 Å². The Morgan fingerprint density at radius 3 is 1.44 bits per heavy atom. The van der Waals surface area contributed by atoms with Crippen LogP contribution in [0.4, 0.5) is 0 Å². The zero-order valence-corrected chi connectivity index (χ0v) is 15.0. The molecule has 2 aromatic heterocycles. The third kappa shape index (κ3) is 4.93. The van der Waals surface area contributed by atoms with Gasteiger partial charge in [0.25, 0.3) is 11.6 Å². The van der Waals surface area contributed by atoms with E-state index in [1.807, 2.05) is 0 Å². The molecule has 8 heteroatoms. The van der Waals surface area contributed by atoms with Crippen LogP contribution in [0.15, 0.2) is 48.5 Å². The summed E-state index contributed by atoms with van der Waals surface area (Å²) in [6.07, 6.45) is 3.11. The summed E-state index contributed by atoms with van der Waals surface area (Å²) in [5, 5.41) is 0. The molecule has 0 radical (unpaired) electrons. The molecule has 4 aromatic rings. The molecule has 0 saturated heterocycles. The van der Waals surface area contributed by atoms with E-state index in [0.29, 0.717) is 0 Å². The largest absolute Gasteiger partial charge is 1.00 e. The smallest absolute Gasteiger partial charge is 0.252 e. The molecule has 0 atom stereocenters. The highest BCUT2D eigenvalue weighted by atomic mass is 35.5. The van der Waals surface area contributed by atoms with Gasteiger partial charge in [0.1, 0.15) is 0 Å². The standard InChI is InChI=1S/C17H16N4.2ClH.2H2O/c1-2-7-13-12(6-1)18-16(19-13)10-5-11-17-20-14-8-3-4-9-15(14)21-17;;;;/h1-4,6-9H,5,10-11H2,(H,18,19)(H,20,21);2*1H;2*1H2. The van der Waals surface area contributed by atoms with Crippen LogP contribution in [-0.2, 0) is 12.8 Å². The minimum atomic E-state index is 0. The summed E-state index contributed by atoms with van der Waals surface area (Å²) in [4.78, 5) is 13.7. The Kier molecular flexibility index (Phi) is 9.16. The van der Waals surface area contributed by atoms with Gasteiger partial charge in [-0.05, 0) is 30.7 Å². The third-order valence-corrected chi connectivity index (χ3v) is 3.85. The minimum absolute atomic E-state index is 0. The van der Waals surface area contributed by atoms with Gasteiger partial charge in [0.2, 0.25) is 0 Å². The molecule has 0 aliphatic carbocycles. The Morgan fingerprint density at radius 1 is 0.640 bits per heavy atom. The highest BCUT2D eigenvalue weighted by Gasteiger charge is 2.12. The molecule has 0 saturated carbocycles. The maximum absolute atomic E-state index is 3.43. The van der Waals surface area contributed by atoms with Gasteiger partial charge in [-0.3, -0.25) is 0 Å². The van der Waals surface area contributed by atoms with Crippen LogP contribution in [-0.4, -0.2) is 20.9 Å². The molecular formula is C17H22Cl2N4O2. The second-order valence-electron chi connectivity index (χ2n) is 5.40. The average Bonchev–Trinajstić information content (AvgIpc) is 3.09. The van der Waals surface area contributed by atoms with Gasteiger partial charge in [-0.2, -0.15) is 0 Å². The molecule has 8 N–H and O–H groups in total. The number of H-pyrrole nitrogens is 4. The van der Waals surface area contributed by atoms with Crippen LogP contribution in [0.3, 0.4) is 0 Å². The van der Waals surface area contributed by atoms with Crippen LogP contribution in [0, 0.1) is 0 Å². The molecule has 0 amide bonds. The molecule has 0 aliphatic rings. The maximum Gasteiger partial charge on any atom is 0.252 e. The highest BCUT2D eigenvalue weighted by Crippen LogP contribution is 2.10. The normalized spacial score (nSPS) is 9.60. The first-order valence-electron chi connectivity index (χ1n) is 7.36. The molecule has 0 spiro atoms. The number of imidazole rings is 2. The molecule has 6 nitrogen and oxygen atoms in total. The van der Waals surface area contributed by atoms with E-state index in [-0.39, 0.29) is 35.8 Å². The number of hydrogen-bond acceptors (Lipinski definition) is 0. The summed E-state index contributed by atoms with van der Waals surface area (Å²) < 4.78 is 0. The van der Waals surface area contributed by atoms with Crippen molar-refractivity contribution < 1.29 is 45.7 Å². The first-order valence-corrected chi connectivity index (χ1v) is 7.36. The predicted molar refractivity (Wildman–Crippen MR) is 89.0 cm³/mol. The fourth-order valence-corrected chi connectivity index (χ4v) is 2.81. The highest BCUT2D eigenvalue weighted by molar-refractivity contribution is 5.71. The van der Waals surface area contributed by atoms with Crippen molar-refractivity contribution in [1.82, 2.24) is 9.97 Å². The molecule has 136 valence electrons. The first-order chi connectivity index (χ1) is 10.4. The zero-order valence-electron chi connectivity index (χ0n) is 13.5. The summed E-state index contributed by atoms with van der Waals surface area (Å²) in [7, 11) is 0. The van der Waals surface area contributed by atoms with Gasteiger partial charge in [-0.1, -0.05) is 24.3 Å². The van der Waals surface area contributed by atoms with Crippen LogP contribution in [0.2, 0.25) is 0 Å². The Morgan fingerprint density at radius 2 is 1.04 bits per heavy atom. The second-order valence-corrected chi connectivity index (χ2v) is 5.40. The van der Waals surface area contributed by atoms with Crippen molar-refractivity contribution in [2.45, 2.75) is 19.3 Å². The van der Waals surface area contributed by atoms with Gasteiger partial charge in [0.05, 0.1) is 0 Å². The minimum Gasteiger partial charge on any atom is -1.00 e. The van der Waals surface area contributed by atoms with Crippen LogP contribution in [0.1, 0.15) is 18.1 Å². The lowest BCUT2D eigenvalue weighted by atomic mass is 10.2. The lowest BCUT2D eigenvalue weighted by Crippen LogP contribution is -3.00. The summed E-state index contributed by atoms with van der Waals surface area (Å²) in [5.41, 5.74) is 4.68. The van der Waals surface area contributed by atoms with Gasteiger partial charge in [0, 0.05) is 12.8 Å². The Balaban J connectivity index is 0.00000144. The lowest BCUT2D eigenvalue weighted by Gasteiger charge is -1.88. The van der Waals surface area contributed by atoms with E-state index in [2.05, 4.69) is 68.5 Å². The molecule has 2 heterocycles. The second kappa shape index (κ2) is 10.0. The van der Waals surface area contributed by atoms with Crippen molar-refractivity contribution in [3.05, 3.63) is 60.2 Å². The number of para-hydroxylation sites is 4. The van der Waals surface area contributed by atoms with Crippen LogP contribution in [0.25, 0.3) is 22.1 Å². The maximum atomic E-state index is 3.43. The van der Waals surface area contributed by atoms with E-state index in [9.17, 15) is 0 Å². The molecular weight excluding hydrogens is 363 g/mol. The Bertz CT molecular complexity index is 768. The quantitative estimate of drug-likeness (QED) is 0.349. The number of fused-ring (bicyclic) bond motifs is 2. The average molecular weight is 385 g/mol. The molecule has 0 unspecified atom stereocenters. The van der Waals surface area contributed by atoms with Crippen LogP contribution >= 0.6 is 0 Å². The van der Waals surface area contributed by atoms with Gasteiger partial charge in [0.15, 0.2) is 22.1 Å². The molecule has 0 bridgehead atoms. The zero-order chi connectivity index (χ0) is 14.1. The van der Waals surface area contributed by atoms with Crippen molar-refractivity contribution in [1.29, 1.82) is 0 Å². The van der Waals surface area contributed by atoms with E-state index >= 15 is 0 Å². The number of aromatic nitrogens is 4. The van der Waals surface area contributed by atoms with Gasteiger partial charge in [-0.25, -0.2) is 19.9 Å². The Hall–Kier alpha value is -2.12. The van der Waals surface area contributed by atoms with Crippen LogP contribution < -0.4 is 34.8 Å². The predicted octanol–water partition coefficient (Wildman–Crippen LogP) is -5.19. The van der Waals surface area contributed by atoms with Crippen molar-refractivity contribution in [2.24, 2.45) is 0 Å². The molecule has 0 aliphatic heterocycles. The topological polar surface area (TPSA) is 123 Å². The van der Waals surface area contributed by atoms with Crippen LogP contribution in [0.5, 0.6) is 0 Å². The molecule has 2 aromatic carbocycles. The number of aromatic amines is 4. The Labute approximate surface area is 157 Å². The van der Waals surface area contributed by atoms with Gasteiger partial charge >= 0.3 is 0 Å². The number of hydrogen-bond donors (Lipinski definition) is 2.